The zero-order chi connectivity index (χ0) is 43.7. The van der Waals surface area contributed by atoms with Gasteiger partial charge >= 0.3 is 12.2 Å². The topological polar surface area (TPSA) is 175 Å². The monoisotopic (exact) mass is 842 g/mol. The normalized spacial score (nSPS) is 20.3. The van der Waals surface area contributed by atoms with E-state index in [1.807, 2.05) is 43.0 Å². The highest BCUT2D eigenvalue weighted by atomic mass is 16.5. The van der Waals surface area contributed by atoms with Crippen LogP contribution in [0.15, 0.2) is 73.1 Å². The second kappa shape index (κ2) is 17.7. The fourth-order valence-electron chi connectivity index (χ4n) is 9.49. The van der Waals surface area contributed by atoms with E-state index in [1.165, 1.54) is 14.2 Å². The number of likely N-dealkylation sites (tertiary alicyclic amines) is 2. The highest BCUT2D eigenvalue weighted by Gasteiger charge is 2.55. The fourth-order valence-corrected chi connectivity index (χ4v) is 9.49. The highest BCUT2D eigenvalue weighted by molar-refractivity contribution is 5.91. The molecule has 0 unspecified atom stereocenters. The van der Waals surface area contributed by atoms with Crippen LogP contribution < -0.4 is 10.6 Å². The molecule has 5 aromatic rings. The Bertz CT molecular complexity index is 2440. The van der Waals surface area contributed by atoms with Gasteiger partial charge in [-0.15, -0.1) is 0 Å². The third-order valence-electron chi connectivity index (χ3n) is 13.3. The number of carbonyl (C=O) groups excluding carboxylic acids is 4. The molecule has 3 aromatic carbocycles. The fraction of sp³-hybridized carbons (Fsp3) is 0.458. The van der Waals surface area contributed by atoms with Crippen LogP contribution in [0.25, 0.3) is 44.4 Å². The predicted molar refractivity (Wildman–Crippen MR) is 237 cm³/mol. The van der Waals surface area contributed by atoms with Gasteiger partial charge in [0.2, 0.25) is 11.8 Å². The summed E-state index contributed by atoms with van der Waals surface area (Å²) in [5.74, 6) is 1.17. The number of carbonyl (C=O) groups is 4. The van der Waals surface area contributed by atoms with E-state index < -0.39 is 24.3 Å². The molecule has 1 saturated carbocycles. The van der Waals surface area contributed by atoms with Crippen LogP contribution in [0.4, 0.5) is 9.59 Å². The van der Waals surface area contributed by atoms with Gasteiger partial charge in [-0.2, -0.15) is 0 Å². The Morgan fingerprint density at radius 3 is 1.95 bits per heavy atom. The predicted octanol–water partition coefficient (Wildman–Crippen LogP) is 8.69. The van der Waals surface area contributed by atoms with Crippen molar-refractivity contribution in [2.24, 2.45) is 11.3 Å². The maximum absolute atomic E-state index is 14.1. The Morgan fingerprint density at radius 2 is 1.34 bits per heavy atom. The van der Waals surface area contributed by atoms with E-state index in [0.29, 0.717) is 13.0 Å². The van der Waals surface area contributed by atoms with Crippen molar-refractivity contribution in [3.05, 3.63) is 84.7 Å². The van der Waals surface area contributed by atoms with E-state index in [1.54, 1.807) is 0 Å². The van der Waals surface area contributed by atoms with Gasteiger partial charge in [-0.1, -0.05) is 76.2 Å². The van der Waals surface area contributed by atoms with Gasteiger partial charge in [0.05, 0.1) is 50.1 Å². The van der Waals surface area contributed by atoms with Crippen molar-refractivity contribution < 1.29 is 28.7 Å². The van der Waals surface area contributed by atoms with Crippen molar-refractivity contribution >= 4 is 34.8 Å². The van der Waals surface area contributed by atoms with E-state index >= 15 is 0 Å². The number of nitrogens with zero attached hydrogens (tertiary/aromatic N) is 4. The molecule has 2 aromatic heterocycles. The number of rotatable bonds is 12. The van der Waals surface area contributed by atoms with Crippen LogP contribution in [0, 0.1) is 11.3 Å². The first-order valence-electron chi connectivity index (χ1n) is 22.0. The number of hydrogen-bond donors (Lipinski definition) is 4. The molecular weight excluding hydrogens is 785 g/mol. The van der Waals surface area contributed by atoms with E-state index in [-0.39, 0.29) is 41.3 Å². The maximum Gasteiger partial charge on any atom is 0.407 e. The smallest absolute Gasteiger partial charge is 0.407 e. The molecule has 0 bridgehead atoms. The first-order chi connectivity index (χ1) is 29.9. The van der Waals surface area contributed by atoms with Crippen molar-refractivity contribution in [3.8, 4) is 33.6 Å². The molecule has 4 heterocycles. The van der Waals surface area contributed by atoms with E-state index in [9.17, 15) is 19.2 Å². The molecule has 5 atom stereocenters. The molecule has 14 nitrogen and oxygen atoms in total. The van der Waals surface area contributed by atoms with Crippen molar-refractivity contribution in [1.82, 2.24) is 40.4 Å². The number of amides is 4. The molecule has 4 amide bonds. The number of imidazole rings is 2. The molecule has 8 rings (SSSR count). The minimum Gasteiger partial charge on any atom is -0.453 e. The van der Waals surface area contributed by atoms with E-state index in [2.05, 4.69) is 88.2 Å². The van der Waals surface area contributed by atoms with Crippen molar-refractivity contribution in [1.29, 1.82) is 0 Å². The SMILES string of the molecule is CC[C@H]1CCC[C@@H](c2ncc(-c3ccc(-c4ccc5cc(-c6cnc([C@@H]7CC8(CC8)CN7C(=O)[C@H](CC)NC(=O)OC)[nH]6)ccc5c4)cc3)[nH]2)N1C(=O)[C@@H](NC(=O)OC)C(C)C. The molecule has 2 aliphatic heterocycles. The van der Waals surface area contributed by atoms with Crippen LogP contribution in [0.2, 0.25) is 0 Å². The Kier molecular flexibility index (Phi) is 12.1. The minimum absolute atomic E-state index is 0.0434. The van der Waals surface area contributed by atoms with Crippen molar-refractivity contribution in [2.75, 3.05) is 20.8 Å². The summed E-state index contributed by atoms with van der Waals surface area (Å²) in [4.78, 5) is 72.5. The number of hydrogen-bond acceptors (Lipinski definition) is 8. The van der Waals surface area contributed by atoms with Crippen molar-refractivity contribution in [3.63, 3.8) is 0 Å². The van der Waals surface area contributed by atoms with E-state index in [4.69, 9.17) is 19.4 Å². The number of benzene rings is 3. The Morgan fingerprint density at radius 1 is 0.758 bits per heavy atom. The molecule has 14 heteroatoms. The van der Waals surface area contributed by atoms with Crippen LogP contribution in [0.1, 0.15) is 103 Å². The molecule has 1 aliphatic carbocycles. The average Bonchev–Trinajstić information content (AvgIpc) is 3.62. The Balaban J connectivity index is 0.966. The van der Waals surface area contributed by atoms with Crippen LogP contribution in [-0.2, 0) is 19.1 Å². The zero-order valence-corrected chi connectivity index (χ0v) is 36.5. The second-order valence-corrected chi connectivity index (χ2v) is 17.6. The standard InChI is InChI=1S/C48H58N8O6/c1-7-35-10-9-11-39(56(35)45(58)41(28(3)4)54-47(60)62-6)42-49-25-37(51-42)30-14-12-29(13-15-30)31-16-17-33-23-34(19-18-32(33)22-31)38-26-50-43(52-38)40-24-48(20-21-48)27-55(40)44(57)36(8-2)53-46(59)61-5/h12-19,22-23,25-26,28,35-36,39-41H,7-11,20-21,24,27H2,1-6H3,(H,49,51)(H,50,52)(H,53,59)(H,54,60)/t35-,36-,39-,40-,41-/m0/s1. The Labute approximate surface area is 362 Å². The van der Waals surface area contributed by atoms with Gasteiger partial charge in [-0.25, -0.2) is 19.6 Å². The zero-order valence-electron chi connectivity index (χ0n) is 36.5. The molecule has 4 N–H and O–H groups in total. The number of piperidine rings is 1. The second-order valence-electron chi connectivity index (χ2n) is 17.6. The quantitative estimate of drug-likeness (QED) is 0.0965. The van der Waals surface area contributed by atoms with Gasteiger partial charge in [0, 0.05) is 18.2 Å². The lowest BCUT2D eigenvalue weighted by Crippen LogP contribution is -2.56. The largest absolute Gasteiger partial charge is 0.453 e. The molecule has 3 fully saturated rings. The summed E-state index contributed by atoms with van der Waals surface area (Å²) in [5, 5.41) is 7.68. The Hall–Kier alpha value is -6.18. The number of ether oxygens (including phenoxy) is 2. The van der Waals surface area contributed by atoms with Gasteiger partial charge in [0.25, 0.3) is 0 Å². The van der Waals surface area contributed by atoms with Gasteiger partial charge in [-0.3, -0.25) is 9.59 Å². The number of aromatic nitrogens is 4. The van der Waals surface area contributed by atoms with Crippen molar-refractivity contribution in [2.45, 2.75) is 109 Å². The summed E-state index contributed by atoms with van der Waals surface area (Å²) in [7, 11) is 2.61. The molecule has 1 spiro atoms. The maximum atomic E-state index is 14.1. The van der Waals surface area contributed by atoms with Crippen LogP contribution in [-0.4, -0.2) is 92.6 Å². The number of alkyl carbamates (subject to hydrolysis) is 2. The first kappa shape index (κ1) is 42.5. The minimum atomic E-state index is -0.706. The molecule has 3 aliphatic rings. The summed E-state index contributed by atoms with van der Waals surface area (Å²) >= 11 is 0. The lowest BCUT2D eigenvalue weighted by Gasteiger charge is -2.43. The average molecular weight is 843 g/mol. The summed E-state index contributed by atoms with van der Waals surface area (Å²) in [5.41, 5.74) is 6.07. The lowest BCUT2D eigenvalue weighted by molar-refractivity contribution is -0.142. The van der Waals surface area contributed by atoms with Gasteiger partial charge in [-0.05, 0) is 102 Å². The number of H-pyrrole nitrogens is 2. The summed E-state index contributed by atoms with van der Waals surface area (Å²) in [6.45, 7) is 8.50. The number of methoxy groups -OCH3 is 2. The molecular formula is C48H58N8O6. The van der Waals surface area contributed by atoms with E-state index in [0.717, 1.165) is 101 Å². The highest BCUT2D eigenvalue weighted by Crippen LogP contribution is 2.58. The lowest BCUT2D eigenvalue weighted by atomic mass is 9.91. The van der Waals surface area contributed by atoms with Crippen LogP contribution in [0.5, 0.6) is 0 Å². The van der Waals surface area contributed by atoms with Gasteiger partial charge in [0.15, 0.2) is 0 Å². The third-order valence-corrected chi connectivity index (χ3v) is 13.3. The molecule has 62 heavy (non-hydrogen) atoms. The van der Waals surface area contributed by atoms with Crippen LogP contribution in [0.3, 0.4) is 0 Å². The summed E-state index contributed by atoms with van der Waals surface area (Å²) < 4.78 is 9.62. The molecule has 326 valence electrons. The summed E-state index contributed by atoms with van der Waals surface area (Å²) in [6, 6.07) is 19.5. The number of fused-ring (bicyclic) bond motifs is 1. The third kappa shape index (κ3) is 8.51. The van der Waals surface area contributed by atoms with Gasteiger partial charge in [0.1, 0.15) is 23.7 Å². The molecule has 2 saturated heterocycles. The number of aromatic amines is 2. The van der Waals surface area contributed by atoms with Gasteiger partial charge < -0.3 is 39.9 Å². The first-order valence-corrected chi connectivity index (χ1v) is 22.0. The van der Waals surface area contributed by atoms with Crippen LogP contribution >= 0.6 is 0 Å². The number of nitrogens with one attached hydrogen (secondary N) is 4. The summed E-state index contributed by atoms with van der Waals surface area (Å²) in [6.07, 6.45) is 9.44. The molecule has 0 radical (unpaired) electrons.